The molecule has 0 atom stereocenters. The number of anilines is 2. The van der Waals surface area contributed by atoms with Crippen LogP contribution >= 0.6 is 0 Å². The normalized spacial score (nSPS) is 13.7. The number of fused-ring (bicyclic) bond motifs is 1. The van der Waals surface area contributed by atoms with E-state index < -0.39 is 0 Å². The van der Waals surface area contributed by atoms with Crippen LogP contribution in [0.5, 0.6) is 5.75 Å². The van der Waals surface area contributed by atoms with E-state index in [4.69, 9.17) is 4.74 Å². The van der Waals surface area contributed by atoms with E-state index in [9.17, 15) is 9.59 Å². The molecule has 4 rings (SSSR count). The van der Waals surface area contributed by atoms with E-state index in [0.717, 1.165) is 16.8 Å². The number of amides is 2. The maximum Gasteiger partial charge on any atom is 0.262 e. The molecule has 28 heavy (non-hydrogen) atoms. The van der Waals surface area contributed by atoms with E-state index in [2.05, 4.69) is 10.6 Å². The fraction of sp³-hybridized carbons (Fsp3) is 0.0435. The first-order valence-corrected chi connectivity index (χ1v) is 8.90. The molecule has 2 amide bonds. The molecule has 3 aromatic rings. The lowest BCUT2D eigenvalue weighted by Crippen LogP contribution is -2.20. The molecular weight excluding hydrogens is 352 g/mol. The molecule has 0 fully saturated rings. The van der Waals surface area contributed by atoms with Gasteiger partial charge in [-0.3, -0.25) is 9.59 Å². The average Bonchev–Trinajstić information content (AvgIpc) is 3.03. The Labute approximate surface area is 162 Å². The fourth-order valence-electron chi connectivity index (χ4n) is 3.03. The Hall–Kier alpha value is -3.86. The molecule has 138 valence electrons. The number of hydrogen-bond acceptors (Lipinski definition) is 3. The molecule has 0 spiro atoms. The van der Waals surface area contributed by atoms with Crippen LogP contribution in [0, 0.1) is 0 Å². The Kier molecular flexibility index (Phi) is 4.89. The summed E-state index contributed by atoms with van der Waals surface area (Å²) in [6.07, 6.45) is 1.78. The van der Waals surface area contributed by atoms with Gasteiger partial charge in [0.1, 0.15) is 5.75 Å². The van der Waals surface area contributed by atoms with Crippen molar-refractivity contribution < 1.29 is 14.3 Å². The molecule has 0 aromatic heterocycles. The van der Waals surface area contributed by atoms with E-state index >= 15 is 0 Å². The predicted octanol–water partition coefficient (Wildman–Crippen LogP) is 4.20. The summed E-state index contributed by atoms with van der Waals surface area (Å²) in [5.74, 6) is 0.130. The third kappa shape index (κ3) is 3.78. The molecule has 0 aliphatic carbocycles. The Morgan fingerprint density at radius 2 is 1.64 bits per heavy atom. The number of benzene rings is 3. The van der Waals surface area contributed by atoms with Crippen molar-refractivity contribution in [2.75, 3.05) is 17.2 Å². The second-order valence-electron chi connectivity index (χ2n) is 6.30. The largest absolute Gasteiger partial charge is 0.483 e. The summed E-state index contributed by atoms with van der Waals surface area (Å²) in [6, 6.07) is 24.1. The highest BCUT2D eigenvalue weighted by Crippen LogP contribution is 2.34. The van der Waals surface area contributed by atoms with E-state index in [1.807, 2.05) is 72.8 Å². The van der Waals surface area contributed by atoms with Gasteiger partial charge >= 0.3 is 0 Å². The Morgan fingerprint density at radius 1 is 0.929 bits per heavy atom. The van der Waals surface area contributed by atoms with Crippen LogP contribution in [0.1, 0.15) is 11.1 Å². The standard InChI is InChI=1S/C23H18N2O3/c26-22(24-17-9-2-1-3-10-17)15-28-21-13-7-4-8-16(21)14-19-18-11-5-6-12-20(18)25-23(19)27/h1-14H,15H2,(H,24,26)(H,25,27)/b19-14-. The molecule has 0 radical (unpaired) electrons. The lowest BCUT2D eigenvalue weighted by atomic mass is 10.0. The van der Waals surface area contributed by atoms with Crippen LogP contribution in [0.25, 0.3) is 11.6 Å². The number of carbonyl (C=O) groups is 2. The average molecular weight is 370 g/mol. The second kappa shape index (κ2) is 7.80. The third-order valence-electron chi connectivity index (χ3n) is 4.35. The SMILES string of the molecule is O=C(COc1ccccc1/C=C1\C(=O)Nc2ccccc21)Nc1ccccc1. The topological polar surface area (TPSA) is 67.4 Å². The van der Waals surface area contributed by atoms with E-state index in [1.165, 1.54) is 0 Å². The Balaban J connectivity index is 1.52. The van der Waals surface area contributed by atoms with Crippen molar-refractivity contribution in [3.05, 3.63) is 90.0 Å². The maximum absolute atomic E-state index is 12.3. The highest BCUT2D eigenvalue weighted by atomic mass is 16.5. The summed E-state index contributed by atoms with van der Waals surface area (Å²) in [6.45, 7) is -0.127. The number of rotatable bonds is 5. The van der Waals surface area contributed by atoms with Gasteiger partial charge in [-0.15, -0.1) is 0 Å². The van der Waals surface area contributed by atoms with Crippen molar-refractivity contribution >= 4 is 34.8 Å². The first-order valence-electron chi connectivity index (χ1n) is 8.90. The van der Waals surface area contributed by atoms with Crippen LogP contribution < -0.4 is 15.4 Å². The number of nitrogens with one attached hydrogen (secondary N) is 2. The van der Waals surface area contributed by atoms with Gasteiger partial charge in [-0.05, 0) is 30.3 Å². The molecule has 0 unspecified atom stereocenters. The summed E-state index contributed by atoms with van der Waals surface area (Å²) in [4.78, 5) is 24.5. The highest BCUT2D eigenvalue weighted by molar-refractivity contribution is 6.35. The molecule has 1 aliphatic rings. The molecule has 5 nitrogen and oxygen atoms in total. The van der Waals surface area contributed by atoms with Gasteiger partial charge in [-0.1, -0.05) is 54.6 Å². The molecule has 0 bridgehead atoms. The Morgan fingerprint density at radius 3 is 2.50 bits per heavy atom. The van der Waals surface area contributed by atoms with Crippen LogP contribution in [0.4, 0.5) is 11.4 Å². The Bertz CT molecular complexity index is 1060. The maximum atomic E-state index is 12.3. The van der Waals surface area contributed by atoms with Crippen LogP contribution in [0.15, 0.2) is 78.9 Å². The second-order valence-corrected chi connectivity index (χ2v) is 6.30. The van der Waals surface area contributed by atoms with Gasteiger partial charge in [0.05, 0.1) is 0 Å². The number of carbonyl (C=O) groups excluding carboxylic acids is 2. The summed E-state index contributed by atoms with van der Waals surface area (Å²) in [7, 11) is 0. The number of hydrogen-bond donors (Lipinski definition) is 2. The fourth-order valence-corrected chi connectivity index (χ4v) is 3.03. The van der Waals surface area contributed by atoms with Gasteiger partial charge < -0.3 is 15.4 Å². The van der Waals surface area contributed by atoms with Crippen molar-refractivity contribution in [1.29, 1.82) is 0 Å². The van der Waals surface area contributed by atoms with Crippen molar-refractivity contribution in [2.24, 2.45) is 0 Å². The lowest BCUT2D eigenvalue weighted by Gasteiger charge is -2.10. The molecule has 0 saturated carbocycles. The van der Waals surface area contributed by atoms with Crippen LogP contribution in [0.3, 0.4) is 0 Å². The zero-order valence-electron chi connectivity index (χ0n) is 15.0. The monoisotopic (exact) mass is 370 g/mol. The highest BCUT2D eigenvalue weighted by Gasteiger charge is 2.23. The summed E-state index contributed by atoms with van der Waals surface area (Å²) < 4.78 is 5.72. The summed E-state index contributed by atoms with van der Waals surface area (Å²) in [5.41, 5.74) is 3.66. The van der Waals surface area contributed by atoms with E-state index in [0.29, 0.717) is 17.0 Å². The van der Waals surface area contributed by atoms with Crippen LogP contribution in [-0.4, -0.2) is 18.4 Å². The van der Waals surface area contributed by atoms with Gasteiger partial charge in [0.2, 0.25) is 0 Å². The molecule has 1 heterocycles. The van der Waals surface area contributed by atoms with Gasteiger partial charge in [-0.2, -0.15) is 0 Å². The van der Waals surface area contributed by atoms with Gasteiger partial charge in [-0.25, -0.2) is 0 Å². The lowest BCUT2D eigenvalue weighted by molar-refractivity contribution is -0.118. The van der Waals surface area contributed by atoms with Gasteiger partial charge in [0.15, 0.2) is 6.61 Å². The van der Waals surface area contributed by atoms with E-state index in [-0.39, 0.29) is 18.4 Å². The van der Waals surface area contributed by atoms with Crippen molar-refractivity contribution in [3.8, 4) is 5.75 Å². The van der Waals surface area contributed by atoms with Crippen molar-refractivity contribution in [1.82, 2.24) is 0 Å². The molecule has 3 aromatic carbocycles. The molecule has 2 N–H and O–H groups in total. The van der Waals surface area contributed by atoms with Crippen molar-refractivity contribution in [3.63, 3.8) is 0 Å². The molecular formula is C23H18N2O3. The van der Waals surface area contributed by atoms with Gasteiger partial charge in [0, 0.05) is 28.1 Å². The van der Waals surface area contributed by atoms with E-state index in [1.54, 1.807) is 12.1 Å². The summed E-state index contributed by atoms with van der Waals surface area (Å²) >= 11 is 0. The number of ether oxygens (including phenoxy) is 1. The van der Waals surface area contributed by atoms with Crippen LogP contribution in [0.2, 0.25) is 0 Å². The quantitative estimate of drug-likeness (QED) is 0.662. The summed E-state index contributed by atoms with van der Waals surface area (Å²) in [5, 5.41) is 5.63. The molecule has 0 saturated heterocycles. The molecule has 1 aliphatic heterocycles. The minimum absolute atomic E-state index is 0.127. The first kappa shape index (κ1) is 17.5. The zero-order chi connectivity index (χ0) is 19.3. The first-order chi connectivity index (χ1) is 13.7. The van der Waals surface area contributed by atoms with Crippen LogP contribution in [-0.2, 0) is 9.59 Å². The minimum Gasteiger partial charge on any atom is -0.483 e. The van der Waals surface area contributed by atoms with Crippen molar-refractivity contribution in [2.45, 2.75) is 0 Å². The third-order valence-corrected chi connectivity index (χ3v) is 4.35. The zero-order valence-corrected chi connectivity index (χ0v) is 15.0. The number of para-hydroxylation sites is 3. The predicted molar refractivity (Wildman–Crippen MR) is 110 cm³/mol. The molecule has 5 heteroatoms. The van der Waals surface area contributed by atoms with Gasteiger partial charge in [0.25, 0.3) is 11.8 Å². The minimum atomic E-state index is -0.252. The smallest absolute Gasteiger partial charge is 0.262 e.